The molecular weight excluding hydrogens is 488 g/mol. The minimum atomic E-state index is -0.963. The van der Waals surface area contributed by atoms with Crippen molar-refractivity contribution in [3.63, 3.8) is 0 Å². The number of nitrogens with zero attached hydrogens (tertiary/aromatic N) is 4. The van der Waals surface area contributed by atoms with Crippen molar-refractivity contribution in [2.75, 3.05) is 6.61 Å². The largest absolute Gasteiger partial charge is 0.463 e. The predicted octanol–water partition coefficient (Wildman–Crippen LogP) is 4.12. The van der Waals surface area contributed by atoms with E-state index in [0.717, 1.165) is 38.6 Å². The summed E-state index contributed by atoms with van der Waals surface area (Å²) in [6.45, 7) is 4.82. The van der Waals surface area contributed by atoms with Crippen LogP contribution in [0.1, 0.15) is 49.1 Å². The third-order valence-corrected chi connectivity index (χ3v) is 5.71. The van der Waals surface area contributed by atoms with E-state index in [-0.39, 0.29) is 12.6 Å². The Bertz CT molecular complexity index is 1220. The van der Waals surface area contributed by atoms with Gasteiger partial charge in [-0.3, -0.25) is 19.3 Å². The number of aliphatic imine (C=N–C) groups is 1. The van der Waals surface area contributed by atoms with Crippen molar-refractivity contribution in [2.45, 2.75) is 39.3 Å². The molecular formula is C24H23BrN4O4. The van der Waals surface area contributed by atoms with Gasteiger partial charge in [0, 0.05) is 41.5 Å². The fourth-order valence-corrected chi connectivity index (χ4v) is 4.13. The minimum absolute atomic E-state index is 0.0973. The van der Waals surface area contributed by atoms with Gasteiger partial charge in [-0.05, 0) is 44.2 Å². The molecule has 3 heterocycles. The van der Waals surface area contributed by atoms with Gasteiger partial charge in [-0.25, -0.2) is 9.78 Å². The van der Waals surface area contributed by atoms with E-state index in [9.17, 15) is 9.59 Å². The Kier molecular flexibility index (Phi) is 6.69. The number of carbonyl (C=O) groups is 2. The summed E-state index contributed by atoms with van der Waals surface area (Å²) in [5.41, 5.74) is 4.33. The lowest BCUT2D eigenvalue weighted by Crippen LogP contribution is -2.26. The molecule has 0 saturated heterocycles. The standard InChI is InChI=1S/C24H23BrN4O4/c1-14-13-27-23-20(9-11-32-24(31)15(2)33-16(3)30)28-22(19-6-4-5-10-26-19)18-12-17(25)7-8-21(18)29(14)23/h4-8,10,12-13,15,20H,9,11H2,1-3H3/t15?,20-/m0/s1. The highest BCUT2D eigenvalue weighted by atomic mass is 79.9. The van der Waals surface area contributed by atoms with E-state index in [0.29, 0.717) is 6.42 Å². The summed E-state index contributed by atoms with van der Waals surface area (Å²) in [5.74, 6) is -0.375. The number of hydrogen-bond donors (Lipinski definition) is 0. The van der Waals surface area contributed by atoms with Crippen molar-refractivity contribution >= 4 is 33.6 Å². The lowest BCUT2D eigenvalue weighted by molar-refractivity contribution is -0.165. The maximum Gasteiger partial charge on any atom is 0.347 e. The predicted molar refractivity (Wildman–Crippen MR) is 125 cm³/mol. The topological polar surface area (TPSA) is 95.7 Å². The number of aromatic nitrogens is 3. The number of hydrogen-bond acceptors (Lipinski definition) is 7. The van der Waals surface area contributed by atoms with E-state index >= 15 is 0 Å². The van der Waals surface area contributed by atoms with Gasteiger partial charge in [-0.2, -0.15) is 0 Å². The van der Waals surface area contributed by atoms with Gasteiger partial charge in [0.05, 0.1) is 23.7 Å². The fourth-order valence-electron chi connectivity index (χ4n) is 3.77. The molecule has 170 valence electrons. The van der Waals surface area contributed by atoms with Crippen LogP contribution in [-0.4, -0.2) is 44.9 Å². The first-order valence-electron chi connectivity index (χ1n) is 10.5. The lowest BCUT2D eigenvalue weighted by atomic mass is 10.0. The fraction of sp³-hybridized carbons (Fsp3) is 0.292. The van der Waals surface area contributed by atoms with Crippen molar-refractivity contribution in [1.29, 1.82) is 0 Å². The Hall–Kier alpha value is -3.33. The van der Waals surface area contributed by atoms with E-state index in [2.05, 4.69) is 30.5 Å². The first kappa shape index (κ1) is 22.8. The Balaban J connectivity index is 1.70. The van der Waals surface area contributed by atoms with Crippen LogP contribution in [0.2, 0.25) is 0 Å². The van der Waals surface area contributed by atoms with Crippen molar-refractivity contribution in [1.82, 2.24) is 14.5 Å². The van der Waals surface area contributed by atoms with E-state index in [4.69, 9.17) is 14.5 Å². The quantitative estimate of drug-likeness (QED) is 0.463. The van der Waals surface area contributed by atoms with Crippen molar-refractivity contribution in [3.05, 3.63) is 76.0 Å². The Morgan fingerprint density at radius 1 is 1.21 bits per heavy atom. The summed E-state index contributed by atoms with van der Waals surface area (Å²) in [6, 6.07) is 11.4. The number of aryl methyl sites for hydroxylation is 1. The molecule has 3 aromatic rings. The van der Waals surface area contributed by atoms with E-state index in [1.165, 1.54) is 13.8 Å². The molecule has 2 atom stereocenters. The van der Waals surface area contributed by atoms with Crippen LogP contribution in [0.25, 0.3) is 5.69 Å². The molecule has 0 bridgehead atoms. The Labute approximate surface area is 199 Å². The summed E-state index contributed by atoms with van der Waals surface area (Å²) in [6.07, 6.45) is 2.98. The lowest BCUT2D eigenvalue weighted by Gasteiger charge is -2.15. The smallest absolute Gasteiger partial charge is 0.347 e. The SMILES string of the molecule is CC(=O)OC(C)C(=O)OCC[C@@H]1N=C(c2ccccn2)c2cc(Br)ccc2-n2c(C)cnc21. The van der Waals surface area contributed by atoms with Gasteiger partial charge in [0.25, 0.3) is 0 Å². The summed E-state index contributed by atoms with van der Waals surface area (Å²) < 4.78 is 13.3. The molecule has 0 amide bonds. The molecule has 0 N–H and O–H groups in total. The maximum absolute atomic E-state index is 12.2. The number of imidazole rings is 1. The molecule has 1 unspecified atom stereocenters. The van der Waals surface area contributed by atoms with Gasteiger partial charge in [-0.1, -0.05) is 22.0 Å². The average molecular weight is 511 g/mol. The minimum Gasteiger partial charge on any atom is -0.463 e. The number of halogens is 1. The van der Waals surface area contributed by atoms with Crippen LogP contribution in [0, 0.1) is 6.92 Å². The highest BCUT2D eigenvalue weighted by Crippen LogP contribution is 2.34. The zero-order chi connectivity index (χ0) is 23.5. The second-order valence-corrected chi connectivity index (χ2v) is 8.59. The number of fused-ring (bicyclic) bond motifs is 3. The number of ether oxygens (including phenoxy) is 2. The molecule has 33 heavy (non-hydrogen) atoms. The van der Waals surface area contributed by atoms with Gasteiger partial charge in [0.15, 0.2) is 6.10 Å². The molecule has 0 fully saturated rings. The normalized spacial score (nSPS) is 15.5. The molecule has 0 radical (unpaired) electrons. The summed E-state index contributed by atoms with van der Waals surface area (Å²) in [7, 11) is 0. The van der Waals surface area contributed by atoms with Crippen LogP contribution in [0.4, 0.5) is 0 Å². The summed E-state index contributed by atoms with van der Waals surface area (Å²) in [4.78, 5) is 37.5. The molecule has 2 aromatic heterocycles. The van der Waals surface area contributed by atoms with Crippen LogP contribution in [-0.2, 0) is 19.1 Å². The molecule has 0 saturated carbocycles. The van der Waals surface area contributed by atoms with Crippen molar-refractivity contribution < 1.29 is 19.1 Å². The number of carbonyl (C=O) groups excluding carboxylic acids is 2. The molecule has 1 aliphatic rings. The van der Waals surface area contributed by atoms with Crippen molar-refractivity contribution in [2.24, 2.45) is 4.99 Å². The molecule has 1 aliphatic heterocycles. The van der Waals surface area contributed by atoms with Gasteiger partial charge >= 0.3 is 11.9 Å². The van der Waals surface area contributed by atoms with Gasteiger partial charge in [0.2, 0.25) is 0 Å². The second-order valence-electron chi connectivity index (χ2n) is 7.67. The molecule has 0 spiro atoms. The first-order chi connectivity index (χ1) is 15.8. The van der Waals surface area contributed by atoms with Crippen LogP contribution in [0.5, 0.6) is 0 Å². The molecule has 4 rings (SSSR count). The van der Waals surface area contributed by atoms with Crippen LogP contribution < -0.4 is 0 Å². The van der Waals surface area contributed by atoms with Crippen LogP contribution >= 0.6 is 15.9 Å². The highest BCUT2D eigenvalue weighted by molar-refractivity contribution is 9.10. The first-order valence-corrected chi connectivity index (χ1v) is 11.3. The number of esters is 2. The third kappa shape index (κ3) is 4.88. The van der Waals surface area contributed by atoms with E-state index in [1.807, 2.05) is 49.5 Å². The Morgan fingerprint density at radius 3 is 2.76 bits per heavy atom. The van der Waals surface area contributed by atoms with Crippen LogP contribution in [0.3, 0.4) is 0 Å². The van der Waals surface area contributed by atoms with E-state index < -0.39 is 18.0 Å². The van der Waals surface area contributed by atoms with Gasteiger partial charge in [0.1, 0.15) is 11.9 Å². The number of benzene rings is 1. The third-order valence-electron chi connectivity index (χ3n) is 5.22. The van der Waals surface area contributed by atoms with Gasteiger partial charge < -0.3 is 9.47 Å². The zero-order valence-corrected chi connectivity index (χ0v) is 20.1. The highest BCUT2D eigenvalue weighted by Gasteiger charge is 2.28. The monoisotopic (exact) mass is 510 g/mol. The second kappa shape index (κ2) is 9.66. The maximum atomic E-state index is 12.2. The van der Waals surface area contributed by atoms with Crippen LogP contribution in [0.15, 0.2) is 58.3 Å². The van der Waals surface area contributed by atoms with E-state index in [1.54, 1.807) is 6.20 Å². The summed E-state index contributed by atoms with van der Waals surface area (Å²) >= 11 is 3.58. The molecule has 0 aliphatic carbocycles. The number of pyridine rings is 1. The molecule has 8 nitrogen and oxygen atoms in total. The zero-order valence-electron chi connectivity index (χ0n) is 18.5. The Morgan fingerprint density at radius 2 is 2.03 bits per heavy atom. The molecule has 1 aromatic carbocycles. The summed E-state index contributed by atoms with van der Waals surface area (Å²) in [5, 5.41) is 0. The van der Waals surface area contributed by atoms with Crippen molar-refractivity contribution in [3.8, 4) is 5.69 Å². The number of rotatable bonds is 6. The average Bonchev–Trinajstić information content (AvgIpc) is 3.10. The van der Waals surface area contributed by atoms with Gasteiger partial charge in [-0.15, -0.1) is 0 Å². The molecule has 9 heteroatoms.